The highest BCUT2D eigenvalue weighted by atomic mass is 127. The predicted molar refractivity (Wildman–Crippen MR) is 114 cm³/mol. The second-order valence-electron chi connectivity index (χ2n) is 6.86. The molecule has 3 rings (SSSR count). The van der Waals surface area contributed by atoms with Crippen molar-refractivity contribution in [1.82, 2.24) is 15.1 Å². The van der Waals surface area contributed by atoms with Gasteiger partial charge in [0.15, 0.2) is 5.96 Å². The van der Waals surface area contributed by atoms with Gasteiger partial charge in [0.1, 0.15) is 5.82 Å². The van der Waals surface area contributed by atoms with Crippen molar-refractivity contribution in [2.24, 2.45) is 4.99 Å². The van der Waals surface area contributed by atoms with Crippen molar-refractivity contribution >= 4 is 36.0 Å². The number of nitrogens with one attached hydrogen (secondary N) is 1. The van der Waals surface area contributed by atoms with Gasteiger partial charge in [-0.05, 0) is 37.5 Å². The third-order valence-corrected chi connectivity index (χ3v) is 5.21. The predicted octanol–water partition coefficient (Wildman–Crippen LogP) is 2.82. The van der Waals surface area contributed by atoms with Gasteiger partial charge in [-0.2, -0.15) is 0 Å². The van der Waals surface area contributed by atoms with Gasteiger partial charge in [-0.25, -0.2) is 9.18 Å². The largest absolute Gasteiger partial charge is 0.450 e. The lowest BCUT2D eigenvalue weighted by Crippen LogP contribution is -2.54. The van der Waals surface area contributed by atoms with Crippen LogP contribution in [0.3, 0.4) is 0 Å². The Hall–Kier alpha value is -1.58. The fourth-order valence-corrected chi connectivity index (χ4v) is 3.42. The van der Waals surface area contributed by atoms with Gasteiger partial charge in [0, 0.05) is 45.2 Å². The second kappa shape index (κ2) is 9.57. The highest BCUT2D eigenvalue weighted by molar-refractivity contribution is 14.0. The van der Waals surface area contributed by atoms with Crippen LogP contribution in [0.2, 0.25) is 0 Å². The highest BCUT2D eigenvalue weighted by Crippen LogP contribution is 2.47. The molecular weight excluding hydrogens is 462 g/mol. The number of rotatable bonds is 4. The van der Waals surface area contributed by atoms with Crippen molar-refractivity contribution in [1.29, 1.82) is 0 Å². The first-order valence-corrected chi connectivity index (χ1v) is 9.21. The normalized spacial score (nSPS) is 18.6. The lowest BCUT2D eigenvalue weighted by molar-refractivity contribution is 0.0914. The highest BCUT2D eigenvalue weighted by Gasteiger charge is 2.44. The maximum atomic E-state index is 13.2. The van der Waals surface area contributed by atoms with Gasteiger partial charge < -0.3 is 19.9 Å². The molecule has 1 saturated carbocycles. The molecule has 0 atom stereocenters. The van der Waals surface area contributed by atoms with Gasteiger partial charge in [0.25, 0.3) is 0 Å². The summed E-state index contributed by atoms with van der Waals surface area (Å²) in [5.41, 5.74) is 1.25. The monoisotopic (exact) mass is 490 g/mol. The number of piperazine rings is 1. The summed E-state index contributed by atoms with van der Waals surface area (Å²) in [6.07, 6.45) is 1.95. The summed E-state index contributed by atoms with van der Waals surface area (Å²) in [6.45, 7) is 5.70. The first-order valence-electron chi connectivity index (χ1n) is 9.21. The molecule has 1 amide bonds. The lowest BCUT2D eigenvalue weighted by Gasteiger charge is -2.36. The number of ether oxygens (including phenoxy) is 1. The van der Waals surface area contributed by atoms with E-state index >= 15 is 0 Å². The molecule has 0 aromatic heterocycles. The van der Waals surface area contributed by atoms with Crippen LogP contribution in [0, 0.1) is 5.82 Å². The quantitative estimate of drug-likeness (QED) is 0.401. The molecule has 0 radical (unpaired) electrons. The molecule has 1 aromatic carbocycles. The van der Waals surface area contributed by atoms with Crippen LogP contribution < -0.4 is 5.32 Å². The zero-order chi connectivity index (χ0) is 18.6. The smallest absolute Gasteiger partial charge is 0.409 e. The van der Waals surface area contributed by atoms with Crippen molar-refractivity contribution in [3.05, 3.63) is 35.6 Å². The molecule has 8 heteroatoms. The molecule has 1 N–H and O–H groups in total. The Morgan fingerprint density at radius 3 is 2.30 bits per heavy atom. The number of aliphatic imine (C=N–C) groups is 1. The SMILES string of the molecule is CCOC(=O)N1CCN(C(=NC)NCC2(c3ccc(F)cc3)CC2)CC1.I. The molecule has 1 heterocycles. The standard InChI is InChI=1S/C19H27FN4O2.HI/c1-3-26-18(25)24-12-10-23(11-13-24)17(21-2)22-14-19(8-9-19)15-4-6-16(20)7-5-15;/h4-7H,3,8-14H2,1-2H3,(H,21,22);1H. The van der Waals surface area contributed by atoms with Gasteiger partial charge in [-0.3, -0.25) is 4.99 Å². The minimum Gasteiger partial charge on any atom is -0.450 e. The van der Waals surface area contributed by atoms with Gasteiger partial charge in [-0.1, -0.05) is 12.1 Å². The Balaban J connectivity index is 0.00000261. The van der Waals surface area contributed by atoms with Crippen LogP contribution in [0.5, 0.6) is 0 Å². The van der Waals surface area contributed by atoms with Crippen molar-refractivity contribution in [3.63, 3.8) is 0 Å². The van der Waals surface area contributed by atoms with Crippen LogP contribution in [-0.2, 0) is 10.2 Å². The number of hydrogen-bond acceptors (Lipinski definition) is 3. The Morgan fingerprint density at radius 2 is 1.78 bits per heavy atom. The fraction of sp³-hybridized carbons (Fsp3) is 0.579. The van der Waals surface area contributed by atoms with E-state index in [1.807, 2.05) is 19.1 Å². The fourth-order valence-electron chi connectivity index (χ4n) is 3.42. The summed E-state index contributed by atoms with van der Waals surface area (Å²) < 4.78 is 18.2. The van der Waals surface area contributed by atoms with Crippen LogP contribution in [0.4, 0.5) is 9.18 Å². The van der Waals surface area contributed by atoms with Crippen molar-refractivity contribution < 1.29 is 13.9 Å². The Morgan fingerprint density at radius 1 is 1.19 bits per heavy atom. The van der Waals surface area contributed by atoms with E-state index in [0.717, 1.165) is 38.4 Å². The number of carbonyl (C=O) groups excluding carboxylic acids is 1. The van der Waals surface area contributed by atoms with E-state index in [1.165, 1.54) is 17.7 Å². The van der Waals surface area contributed by atoms with E-state index < -0.39 is 0 Å². The minimum absolute atomic E-state index is 0. The van der Waals surface area contributed by atoms with E-state index in [1.54, 1.807) is 11.9 Å². The molecule has 6 nitrogen and oxygen atoms in total. The first-order chi connectivity index (χ1) is 12.6. The molecule has 2 aliphatic rings. The number of benzene rings is 1. The van der Waals surface area contributed by atoms with Gasteiger partial charge >= 0.3 is 6.09 Å². The molecule has 1 aliphatic carbocycles. The molecule has 0 bridgehead atoms. The maximum Gasteiger partial charge on any atom is 0.409 e. The molecule has 150 valence electrons. The summed E-state index contributed by atoms with van der Waals surface area (Å²) in [6, 6.07) is 6.81. The number of halogens is 2. The van der Waals surface area contributed by atoms with Crippen molar-refractivity contribution in [2.75, 3.05) is 46.4 Å². The molecule has 1 aromatic rings. The van der Waals surface area contributed by atoms with Crippen LogP contribution in [0.1, 0.15) is 25.3 Å². The number of amides is 1. The Bertz CT molecular complexity index is 656. The number of guanidine groups is 1. The zero-order valence-electron chi connectivity index (χ0n) is 15.9. The second-order valence-corrected chi connectivity index (χ2v) is 6.86. The van der Waals surface area contributed by atoms with E-state index in [9.17, 15) is 9.18 Å². The average Bonchev–Trinajstić information content (AvgIpc) is 3.44. The average molecular weight is 490 g/mol. The van der Waals surface area contributed by atoms with Crippen LogP contribution in [-0.4, -0.2) is 68.2 Å². The first kappa shape index (κ1) is 21.7. The van der Waals surface area contributed by atoms with E-state index in [0.29, 0.717) is 19.7 Å². The summed E-state index contributed by atoms with van der Waals surface area (Å²) in [7, 11) is 1.78. The van der Waals surface area contributed by atoms with Crippen LogP contribution >= 0.6 is 24.0 Å². The topological polar surface area (TPSA) is 57.2 Å². The van der Waals surface area contributed by atoms with Gasteiger partial charge in [0.05, 0.1) is 6.61 Å². The molecular formula is C19H28FIN4O2. The summed E-state index contributed by atoms with van der Waals surface area (Å²) >= 11 is 0. The molecule has 1 saturated heterocycles. The number of hydrogen-bond donors (Lipinski definition) is 1. The van der Waals surface area contributed by atoms with Crippen molar-refractivity contribution in [3.8, 4) is 0 Å². The molecule has 1 aliphatic heterocycles. The molecule has 27 heavy (non-hydrogen) atoms. The third-order valence-electron chi connectivity index (χ3n) is 5.21. The van der Waals surface area contributed by atoms with Gasteiger partial charge in [0.2, 0.25) is 0 Å². The summed E-state index contributed by atoms with van der Waals surface area (Å²) in [4.78, 5) is 20.1. The minimum atomic E-state index is -0.247. The van der Waals surface area contributed by atoms with E-state index in [2.05, 4.69) is 15.2 Å². The van der Waals surface area contributed by atoms with Gasteiger partial charge in [-0.15, -0.1) is 24.0 Å². The van der Waals surface area contributed by atoms with E-state index in [-0.39, 0.29) is 41.3 Å². The lowest BCUT2D eigenvalue weighted by atomic mass is 9.96. The molecule has 2 fully saturated rings. The maximum absolute atomic E-state index is 13.2. The molecule has 0 unspecified atom stereocenters. The summed E-state index contributed by atoms with van der Waals surface area (Å²) in [5, 5.41) is 3.47. The number of carbonyl (C=O) groups is 1. The third kappa shape index (κ3) is 5.24. The molecule has 0 spiro atoms. The Kier molecular flexibility index (Phi) is 7.69. The van der Waals surface area contributed by atoms with Crippen molar-refractivity contribution in [2.45, 2.75) is 25.2 Å². The zero-order valence-corrected chi connectivity index (χ0v) is 18.2. The number of nitrogens with zero attached hydrogens (tertiary/aromatic N) is 3. The van der Waals surface area contributed by atoms with Crippen LogP contribution in [0.15, 0.2) is 29.3 Å². The summed E-state index contributed by atoms with van der Waals surface area (Å²) in [5.74, 6) is 0.648. The van der Waals surface area contributed by atoms with Crippen LogP contribution in [0.25, 0.3) is 0 Å². The Labute approximate surface area is 177 Å². The van der Waals surface area contributed by atoms with E-state index in [4.69, 9.17) is 4.74 Å².